The lowest BCUT2D eigenvalue weighted by Gasteiger charge is -2.49. The number of nitrogen functional groups attached to an aromatic ring is 2. The van der Waals surface area contributed by atoms with Gasteiger partial charge in [-0.2, -0.15) is 0 Å². The highest BCUT2D eigenvalue weighted by Gasteiger charge is 2.56. The summed E-state index contributed by atoms with van der Waals surface area (Å²) >= 11 is 4.74. The average molecular weight is 857 g/mol. The van der Waals surface area contributed by atoms with E-state index < -0.39 is 58.4 Å². The van der Waals surface area contributed by atoms with Crippen LogP contribution in [0.1, 0.15) is 11.4 Å². The summed E-state index contributed by atoms with van der Waals surface area (Å²) in [6, 6.07) is -2.05. The molecule has 0 unspecified atom stereocenters. The fourth-order valence-electron chi connectivity index (χ4n) is 5.62. The van der Waals surface area contributed by atoms with Crippen molar-refractivity contribution in [2.24, 2.45) is 10.3 Å². The number of fused-ring (bicyclic) bond motifs is 2. The van der Waals surface area contributed by atoms with Crippen LogP contribution in [0.2, 0.25) is 0 Å². The molecular formula is C28H28N10O10S6. The molecule has 0 spiro atoms. The third kappa shape index (κ3) is 7.57. The van der Waals surface area contributed by atoms with Gasteiger partial charge in [0, 0.05) is 33.8 Å². The van der Waals surface area contributed by atoms with Crippen LogP contribution in [0.15, 0.2) is 43.6 Å². The first-order valence-electron chi connectivity index (χ1n) is 15.2. The molecule has 2 saturated heterocycles. The molecule has 20 nitrogen and oxygen atoms in total. The quantitative estimate of drug-likeness (QED) is 0.0453. The SMILES string of the molecule is CO/N=C(/C(=O)N[C@@H]1C(=O)N2C(C(=O)O)=C(CSSCC3=C(C(=O)O)N4C(=O)[C@@H](NC(=O)/C(=N/OC)c5csc(N)n5)[C@H]4SC3)CS[C@H]12)c1csc(N)n1. The summed E-state index contributed by atoms with van der Waals surface area (Å²) in [6.07, 6.45) is 0. The Bertz CT molecular complexity index is 1910. The molecule has 0 bridgehead atoms. The van der Waals surface area contributed by atoms with E-state index in [4.69, 9.17) is 21.1 Å². The number of oxime groups is 2. The maximum atomic E-state index is 13.2. The summed E-state index contributed by atoms with van der Waals surface area (Å²) in [5, 5.41) is 34.8. The number of β-lactam (4-membered cyclic amide) rings is 2. The summed E-state index contributed by atoms with van der Waals surface area (Å²) in [4.78, 5) is 97.1. The van der Waals surface area contributed by atoms with E-state index in [1.807, 2.05) is 0 Å². The van der Waals surface area contributed by atoms with Crippen molar-refractivity contribution < 1.29 is 48.7 Å². The molecule has 0 radical (unpaired) electrons. The molecule has 0 aromatic carbocycles. The van der Waals surface area contributed by atoms with Gasteiger partial charge in [0.25, 0.3) is 23.6 Å². The number of thiazole rings is 2. The molecule has 6 heterocycles. The Labute approximate surface area is 329 Å². The van der Waals surface area contributed by atoms with Gasteiger partial charge in [0.1, 0.15) is 59.8 Å². The Morgan fingerprint density at radius 2 is 1.19 bits per heavy atom. The average Bonchev–Trinajstić information content (AvgIpc) is 3.78. The summed E-state index contributed by atoms with van der Waals surface area (Å²) in [5.41, 5.74) is 11.8. The normalized spacial score (nSPS) is 22.6. The number of rotatable bonds is 15. The second-order valence-electron chi connectivity index (χ2n) is 11.1. The van der Waals surface area contributed by atoms with Crippen LogP contribution >= 0.6 is 67.8 Å². The van der Waals surface area contributed by atoms with Crippen LogP contribution in [0.4, 0.5) is 10.3 Å². The molecular weight excluding hydrogens is 829 g/mol. The van der Waals surface area contributed by atoms with Crippen LogP contribution < -0.4 is 22.1 Å². The van der Waals surface area contributed by atoms with E-state index in [2.05, 4.69) is 30.9 Å². The maximum Gasteiger partial charge on any atom is 0.352 e. The molecule has 4 aliphatic rings. The number of aliphatic carboxylic acids is 2. The highest BCUT2D eigenvalue weighted by atomic mass is 33.1. The number of carbonyl (C=O) groups is 6. The van der Waals surface area contributed by atoms with E-state index >= 15 is 0 Å². The molecule has 4 atom stereocenters. The standard InChI is InChI=1S/C28H28N10O10S6/c1-47-35-13(11-7-51-27(29)31-11)19(39)33-15-21(41)37-17(25(43)44)9(3-49-23(15)37)5-53-54-6-10-4-50-24-16(22(42)38(24)18(10)26(45)46)34-20(40)14(36-48-2)12-8-52-28(30)32-12/h7-8,15-16,23-24H,3-6H2,1-2H3,(H2,29,31)(H2,30,32)(H,33,39)(H,34,40)(H,43,44)(H,45,46)/b35-13+,36-14+/t15-,16-,23-,24-/m1/s1. The Morgan fingerprint density at radius 1 is 0.796 bits per heavy atom. The van der Waals surface area contributed by atoms with Crippen molar-refractivity contribution in [3.8, 4) is 0 Å². The molecule has 0 saturated carbocycles. The van der Waals surface area contributed by atoms with Gasteiger partial charge in [0.2, 0.25) is 0 Å². The highest BCUT2D eigenvalue weighted by Crippen LogP contribution is 2.44. The fourth-order valence-corrected chi connectivity index (χ4v) is 11.9. The maximum absolute atomic E-state index is 13.2. The number of nitrogens with one attached hydrogen (secondary N) is 2. The smallest absolute Gasteiger partial charge is 0.352 e. The largest absolute Gasteiger partial charge is 0.477 e. The Morgan fingerprint density at radius 3 is 1.50 bits per heavy atom. The number of carboxylic acids is 2. The van der Waals surface area contributed by atoms with E-state index in [0.717, 1.165) is 32.5 Å². The summed E-state index contributed by atoms with van der Waals surface area (Å²) in [7, 11) is 5.02. The van der Waals surface area contributed by atoms with Crippen LogP contribution in [0.3, 0.4) is 0 Å². The van der Waals surface area contributed by atoms with Crippen LogP contribution in [0.25, 0.3) is 0 Å². The summed E-state index contributed by atoms with van der Waals surface area (Å²) in [6.45, 7) is 0. The van der Waals surface area contributed by atoms with Crippen molar-refractivity contribution in [1.29, 1.82) is 0 Å². The number of nitrogens with zero attached hydrogens (tertiary/aromatic N) is 6. The minimum absolute atomic E-state index is 0.156. The van der Waals surface area contributed by atoms with Crippen molar-refractivity contribution in [3.05, 3.63) is 44.7 Å². The topological polar surface area (TPSA) is 294 Å². The van der Waals surface area contributed by atoms with Gasteiger partial charge in [-0.3, -0.25) is 29.0 Å². The van der Waals surface area contributed by atoms with E-state index in [-0.39, 0.29) is 67.5 Å². The molecule has 286 valence electrons. The molecule has 4 amide bonds. The molecule has 6 rings (SSSR count). The Kier molecular flexibility index (Phi) is 12.0. The van der Waals surface area contributed by atoms with E-state index in [1.54, 1.807) is 0 Å². The van der Waals surface area contributed by atoms with Crippen molar-refractivity contribution in [1.82, 2.24) is 30.4 Å². The highest BCUT2D eigenvalue weighted by molar-refractivity contribution is 8.76. The molecule has 2 fully saturated rings. The number of carboxylic acid groups (broad SMARTS) is 2. The van der Waals surface area contributed by atoms with Gasteiger partial charge in [-0.15, -0.1) is 46.2 Å². The van der Waals surface area contributed by atoms with Gasteiger partial charge in [-0.1, -0.05) is 31.9 Å². The predicted octanol–water partition coefficient (Wildman–Crippen LogP) is 0.0238. The van der Waals surface area contributed by atoms with E-state index in [0.29, 0.717) is 11.1 Å². The van der Waals surface area contributed by atoms with Crippen molar-refractivity contribution in [3.63, 3.8) is 0 Å². The first-order chi connectivity index (χ1) is 25.9. The van der Waals surface area contributed by atoms with Crippen LogP contribution in [0.5, 0.6) is 0 Å². The van der Waals surface area contributed by atoms with Crippen molar-refractivity contribution in [2.45, 2.75) is 22.8 Å². The molecule has 26 heteroatoms. The number of carbonyl (C=O) groups excluding carboxylic acids is 4. The zero-order chi connectivity index (χ0) is 38.8. The zero-order valence-electron chi connectivity index (χ0n) is 27.7. The monoisotopic (exact) mass is 856 g/mol. The van der Waals surface area contributed by atoms with Gasteiger partial charge < -0.3 is 42.0 Å². The Balaban J connectivity index is 1.06. The van der Waals surface area contributed by atoms with E-state index in [9.17, 15) is 39.0 Å². The molecule has 4 aliphatic heterocycles. The van der Waals surface area contributed by atoms with E-state index in [1.165, 1.54) is 70.1 Å². The Hall–Kier alpha value is -4.50. The van der Waals surface area contributed by atoms with Gasteiger partial charge in [-0.05, 0) is 11.1 Å². The van der Waals surface area contributed by atoms with Crippen LogP contribution in [-0.2, 0) is 38.4 Å². The third-order valence-corrected chi connectivity index (χ3v) is 14.3. The lowest BCUT2D eigenvalue weighted by atomic mass is 10.0. The van der Waals surface area contributed by atoms with Crippen LogP contribution in [0, 0.1) is 0 Å². The molecule has 2 aromatic heterocycles. The number of nitrogens with two attached hydrogens (primary N) is 2. The van der Waals surface area contributed by atoms with Gasteiger partial charge >= 0.3 is 11.9 Å². The van der Waals surface area contributed by atoms with Gasteiger partial charge in [0.15, 0.2) is 21.7 Å². The lowest BCUT2D eigenvalue weighted by Crippen LogP contribution is -2.71. The van der Waals surface area contributed by atoms with Crippen LogP contribution in [-0.4, -0.2) is 137 Å². The minimum Gasteiger partial charge on any atom is -0.477 e. The third-order valence-electron chi connectivity index (χ3n) is 7.95. The summed E-state index contributed by atoms with van der Waals surface area (Å²) < 4.78 is 0. The second-order valence-corrected chi connectivity index (χ2v) is 17.6. The number of aromatic nitrogens is 2. The molecule has 54 heavy (non-hydrogen) atoms. The number of amides is 4. The lowest BCUT2D eigenvalue weighted by molar-refractivity contribution is -0.150. The van der Waals surface area contributed by atoms with Crippen molar-refractivity contribution in [2.75, 3.05) is 48.7 Å². The number of hydrogen-bond donors (Lipinski definition) is 6. The summed E-state index contributed by atoms with van der Waals surface area (Å²) in [5.74, 6) is -4.44. The number of thioether (sulfide) groups is 2. The fraction of sp³-hybridized carbons (Fsp3) is 0.357. The van der Waals surface area contributed by atoms with Gasteiger partial charge in [0.05, 0.1) is 0 Å². The predicted molar refractivity (Wildman–Crippen MR) is 204 cm³/mol. The molecule has 8 N–H and O–H groups in total. The second kappa shape index (κ2) is 16.5. The molecule has 0 aliphatic carbocycles. The van der Waals surface area contributed by atoms with Crippen molar-refractivity contribution >= 4 is 125 Å². The number of hydrogen-bond acceptors (Lipinski definition) is 20. The first kappa shape index (κ1) is 39.2. The minimum atomic E-state index is -1.31. The zero-order valence-corrected chi connectivity index (χ0v) is 32.6. The molecule has 2 aromatic rings. The first-order valence-corrected chi connectivity index (χ1v) is 21.5. The number of anilines is 2. The van der Waals surface area contributed by atoms with Gasteiger partial charge in [-0.25, -0.2) is 19.6 Å².